The lowest BCUT2D eigenvalue weighted by Crippen LogP contribution is -2.15. The molecule has 0 spiro atoms. The summed E-state index contributed by atoms with van der Waals surface area (Å²) in [5.41, 5.74) is -0.544. The topological polar surface area (TPSA) is 93.2 Å². The SMILES string of the molecule is O=S(=O)(CCc1ccc(C(F)(F)F)cc1)c1ccc(S(=O)(=O)Nc2nccs2)cc1F. The van der Waals surface area contributed by atoms with E-state index in [0.717, 1.165) is 47.7 Å². The molecule has 3 rings (SSSR count). The first-order chi connectivity index (χ1) is 14.4. The molecule has 3 aromatic rings. The Morgan fingerprint density at radius 2 is 1.68 bits per heavy atom. The van der Waals surface area contributed by atoms with Crippen LogP contribution in [0.1, 0.15) is 11.1 Å². The van der Waals surface area contributed by atoms with Crippen molar-refractivity contribution in [1.29, 1.82) is 0 Å². The molecule has 0 atom stereocenters. The summed E-state index contributed by atoms with van der Waals surface area (Å²) in [7, 11) is -8.33. The summed E-state index contributed by atoms with van der Waals surface area (Å²) in [5.74, 6) is -1.83. The third-order valence-electron chi connectivity index (χ3n) is 4.14. The van der Waals surface area contributed by atoms with Crippen molar-refractivity contribution in [3.8, 4) is 0 Å². The average molecular weight is 495 g/mol. The van der Waals surface area contributed by atoms with Crippen molar-refractivity contribution < 1.29 is 34.4 Å². The standard InChI is InChI=1S/C18H14F4N2O4S3/c19-15-11-14(31(27,28)24-17-23-8-9-29-17)5-6-16(15)30(25,26)10-7-12-1-3-13(4-2-12)18(20,21)22/h1-6,8-9,11H,7,10H2,(H,23,24). The minimum atomic E-state index is -4.51. The molecule has 0 radical (unpaired) electrons. The Hall–Kier alpha value is -2.51. The largest absolute Gasteiger partial charge is 0.416 e. The monoisotopic (exact) mass is 494 g/mol. The molecule has 6 nitrogen and oxygen atoms in total. The Morgan fingerprint density at radius 3 is 2.23 bits per heavy atom. The molecule has 1 N–H and O–H groups in total. The van der Waals surface area contributed by atoms with Gasteiger partial charge in [-0.3, -0.25) is 4.72 Å². The number of rotatable bonds is 7. The van der Waals surface area contributed by atoms with E-state index in [4.69, 9.17) is 0 Å². The van der Waals surface area contributed by atoms with E-state index < -0.39 is 53.0 Å². The molecule has 1 heterocycles. The van der Waals surface area contributed by atoms with Crippen LogP contribution in [-0.2, 0) is 32.5 Å². The lowest BCUT2D eigenvalue weighted by atomic mass is 10.1. The zero-order valence-corrected chi connectivity index (χ0v) is 17.9. The molecule has 166 valence electrons. The number of nitrogens with zero attached hydrogens (tertiary/aromatic N) is 1. The van der Waals surface area contributed by atoms with Gasteiger partial charge in [0.25, 0.3) is 10.0 Å². The highest BCUT2D eigenvalue weighted by Gasteiger charge is 2.30. The maximum absolute atomic E-state index is 14.5. The smallest absolute Gasteiger partial charge is 0.255 e. The minimum absolute atomic E-state index is 0.0636. The van der Waals surface area contributed by atoms with Gasteiger partial charge in [0.1, 0.15) is 10.7 Å². The number of sulfone groups is 1. The second-order valence-corrected chi connectivity index (χ2v) is 11.0. The van der Waals surface area contributed by atoms with Crippen molar-refractivity contribution in [2.45, 2.75) is 22.4 Å². The quantitative estimate of drug-likeness (QED) is 0.499. The van der Waals surface area contributed by atoms with Crippen molar-refractivity contribution in [2.75, 3.05) is 10.5 Å². The van der Waals surface area contributed by atoms with Crippen LogP contribution in [0.4, 0.5) is 22.7 Å². The molecular weight excluding hydrogens is 480 g/mol. The number of aryl methyl sites for hydroxylation is 1. The Labute approximate surface area is 179 Å². The van der Waals surface area contributed by atoms with E-state index in [2.05, 4.69) is 9.71 Å². The van der Waals surface area contributed by atoms with Crippen LogP contribution in [0.25, 0.3) is 0 Å². The van der Waals surface area contributed by atoms with E-state index in [0.29, 0.717) is 11.6 Å². The van der Waals surface area contributed by atoms with Crippen molar-refractivity contribution in [3.05, 3.63) is 71.0 Å². The Bertz CT molecular complexity index is 1270. The molecular formula is C18H14F4N2O4S3. The van der Waals surface area contributed by atoms with Crippen LogP contribution in [0, 0.1) is 5.82 Å². The fraction of sp³-hybridized carbons (Fsp3) is 0.167. The number of hydrogen-bond donors (Lipinski definition) is 1. The van der Waals surface area contributed by atoms with E-state index in [1.54, 1.807) is 0 Å². The van der Waals surface area contributed by atoms with Crippen LogP contribution in [0.5, 0.6) is 0 Å². The third kappa shape index (κ3) is 5.60. The van der Waals surface area contributed by atoms with Crippen molar-refractivity contribution >= 4 is 36.3 Å². The molecule has 0 aliphatic heterocycles. The summed E-state index contributed by atoms with van der Waals surface area (Å²) < 4.78 is 104. The van der Waals surface area contributed by atoms with Gasteiger partial charge in [-0.05, 0) is 42.3 Å². The van der Waals surface area contributed by atoms with Crippen LogP contribution in [-0.4, -0.2) is 27.6 Å². The second-order valence-electron chi connectivity index (χ2n) is 6.30. The highest BCUT2D eigenvalue weighted by Crippen LogP contribution is 2.29. The van der Waals surface area contributed by atoms with Gasteiger partial charge in [0, 0.05) is 11.6 Å². The van der Waals surface area contributed by atoms with Crippen LogP contribution in [0.2, 0.25) is 0 Å². The summed E-state index contributed by atoms with van der Waals surface area (Å²) in [4.78, 5) is 2.57. The number of alkyl halides is 3. The van der Waals surface area contributed by atoms with Gasteiger partial charge in [0.2, 0.25) is 0 Å². The molecule has 0 unspecified atom stereocenters. The summed E-state index contributed by atoms with van der Waals surface area (Å²) in [6, 6.07) is 6.33. The van der Waals surface area contributed by atoms with Crippen molar-refractivity contribution in [1.82, 2.24) is 4.98 Å². The maximum Gasteiger partial charge on any atom is 0.416 e. The van der Waals surface area contributed by atoms with Crippen LogP contribution in [0.15, 0.2) is 63.8 Å². The van der Waals surface area contributed by atoms with E-state index in [1.807, 2.05) is 0 Å². The van der Waals surface area contributed by atoms with Crippen LogP contribution < -0.4 is 4.72 Å². The van der Waals surface area contributed by atoms with E-state index in [9.17, 15) is 34.4 Å². The highest BCUT2D eigenvalue weighted by atomic mass is 32.2. The molecule has 13 heteroatoms. The molecule has 2 aromatic carbocycles. The first-order valence-electron chi connectivity index (χ1n) is 8.49. The van der Waals surface area contributed by atoms with Gasteiger partial charge < -0.3 is 0 Å². The Balaban J connectivity index is 1.75. The molecule has 1 aromatic heterocycles. The normalized spacial score (nSPS) is 12.6. The summed E-state index contributed by atoms with van der Waals surface area (Å²) >= 11 is 1.01. The molecule has 0 bridgehead atoms. The first kappa shape index (κ1) is 23.2. The molecule has 0 aliphatic rings. The van der Waals surface area contributed by atoms with Crippen molar-refractivity contribution in [3.63, 3.8) is 0 Å². The van der Waals surface area contributed by atoms with Gasteiger partial charge in [-0.15, -0.1) is 11.3 Å². The van der Waals surface area contributed by atoms with Gasteiger partial charge in [-0.1, -0.05) is 12.1 Å². The van der Waals surface area contributed by atoms with Gasteiger partial charge >= 0.3 is 6.18 Å². The van der Waals surface area contributed by atoms with E-state index >= 15 is 0 Å². The average Bonchev–Trinajstić information content (AvgIpc) is 3.18. The predicted octanol–water partition coefficient (Wildman–Crippen LogP) is 4.12. The lowest BCUT2D eigenvalue weighted by Gasteiger charge is -2.10. The zero-order valence-electron chi connectivity index (χ0n) is 15.4. The molecule has 0 saturated heterocycles. The van der Waals surface area contributed by atoms with Gasteiger partial charge in [-0.25, -0.2) is 26.2 Å². The minimum Gasteiger partial charge on any atom is -0.255 e. The fourth-order valence-corrected chi connectivity index (χ4v) is 5.73. The van der Waals surface area contributed by atoms with Crippen molar-refractivity contribution in [2.24, 2.45) is 0 Å². The Kier molecular flexibility index (Phi) is 6.39. The Morgan fingerprint density at radius 1 is 1.00 bits per heavy atom. The molecule has 0 aliphatic carbocycles. The maximum atomic E-state index is 14.5. The molecule has 0 fully saturated rings. The summed E-state index contributed by atoms with van der Waals surface area (Å²) in [6.07, 6.45) is -3.29. The fourth-order valence-electron chi connectivity index (χ4n) is 2.57. The first-order valence-corrected chi connectivity index (χ1v) is 12.5. The number of thiazole rings is 1. The summed E-state index contributed by atoms with van der Waals surface area (Å²) in [6.45, 7) is 0. The molecule has 0 saturated carbocycles. The summed E-state index contributed by atoms with van der Waals surface area (Å²) in [5, 5.41) is 1.60. The van der Waals surface area contributed by atoms with Gasteiger partial charge in [-0.2, -0.15) is 13.2 Å². The number of aromatic nitrogens is 1. The van der Waals surface area contributed by atoms with E-state index in [-0.39, 0.29) is 11.6 Å². The number of nitrogens with one attached hydrogen (secondary N) is 1. The number of sulfonamides is 1. The van der Waals surface area contributed by atoms with Gasteiger partial charge in [0.15, 0.2) is 15.0 Å². The predicted molar refractivity (Wildman–Crippen MR) is 107 cm³/mol. The third-order valence-corrected chi connectivity index (χ3v) is 8.04. The highest BCUT2D eigenvalue weighted by molar-refractivity contribution is 7.93. The van der Waals surface area contributed by atoms with Crippen LogP contribution >= 0.6 is 11.3 Å². The van der Waals surface area contributed by atoms with Crippen LogP contribution in [0.3, 0.4) is 0 Å². The molecule has 0 amide bonds. The van der Waals surface area contributed by atoms with Gasteiger partial charge in [0.05, 0.1) is 16.2 Å². The number of hydrogen-bond acceptors (Lipinski definition) is 6. The zero-order chi connectivity index (χ0) is 22.9. The number of benzene rings is 2. The second kappa shape index (κ2) is 8.55. The molecule has 31 heavy (non-hydrogen) atoms. The number of halogens is 4. The van der Waals surface area contributed by atoms with E-state index in [1.165, 1.54) is 11.6 Å². The number of anilines is 1. The lowest BCUT2D eigenvalue weighted by molar-refractivity contribution is -0.137.